The van der Waals surface area contributed by atoms with Crippen LogP contribution in [-0.2, 0) is 0 Å². The summed E-state index contributed by atoms with van der Waals surface area (Å²) in [5.74, 6) is 0.925. The van der Waals surface area contributed by atoms with Crippen molar-refractivity contribution in [3.8, 4) is 10.6 Å². The molecule has 0 saturated heterocycles. The van der Waals surface area contributed by atoms with Crippen LogP contribution in [0.2, 0.25) is 0 Å². The summed E-state index contributed by atoms with van der Waals surface area (Å²) in [6, 6.07) is 34.9. The van der Waals surface area contributed by atoms with E-state index < -0.39 is 0 Å². The van der Waals surface area contributed by atoms with Gasteiger partial charge in [-0.15, -0.1) is 0 Å². The molecule has 148 valence electrons. The Balaban J connectivity index is 1.50. The van der Waals surface area contributed by atoms with Crippen LogP contribution in [0, 0.1) is 3.57 Å². The lowest BCUT2D eigenvalue weighted by Crippen LogP contribution is -2.06. The number of hydrogen-bond acceptors (Lipinski definition) is 1. The Morgan fingerprint density at radius 3 is 1.87 bits per heavy atom. The Bertz CT molecular complexity index is 1250. The SMILES string of the molecule is CCC(Oc1ccc(-[s+]2c3ccccc3c3ccccc32)cc1)c1ccc(I)cc1. The molecule has 0 N–H and O–H groups in total. The highest BCUT2D eigenvalue weighted by atomic mass is 127. The first-order valence-corrected chi connectivity index (χ1v) is 12.5. The number of thiophene rings is 1. The first kappa shape index (κ1) is 19.6. The standard InChI is InChI=1S/C27H22IOS/c1-2-25(19-11-13-20(28)14-12-19)29-21-15-17-22(18-16-21)30-26-9-5-3-7-23(26)24-8-4-6-10-27(24)30/h3-18,25H,2H2,1H3/q+1. The third-order valence-electron chi connectivity index (χ3n) is 5.45. The van der Waals surface area contributed by atoms with Crippen molar-refractivity contribution in [3.05, 3.63) is 106 Å². The van der Waals surface area contributed by atoms with Gasteiger partial charge in [0.1, 0.15) is 11.9 Å². The molecular formula is C27H22IOS+. The topological polar surface area (TPSA) is 9.23 Å². The van der Waals surface area contributed by atoms with Gasteiger partial charge in [0.05, 0.1) is 0 Å². The summed E-state index contributed by atoms with van der Waals surface area (Å²) < 4.78 is 10.4. The molecule has 1 nitrogen and oxygen atoms in total. The van der Waals surface area contributed by atoms with E-state index >= 15 is 0 Å². The average Bonchev–Trinajstić information content (AvgIpc) is 3.13. The van der Waals surface area contributed by atoms with Gasteiger partial charge in [0.25, 0.3) is 0 Å². The Morgan fingerprint density at radius 2 is 1.30 bits per heavy atom. The normalized spacial score (nSPS) is 12.3. The zero-order chi connectivity index (χ0) is 20.5. The molecule has 0 fully saturated rings. The van der Waals surface area contributed by atoms with E-state index in [-0.39, 0.29) is 16.6 Å². The maximum Gasteiger partial charge on any atom is 0.187 e. The second kappa shape index (κ2) is 8.40. The van der Waals surface area contributed by atoms with Gasteiger partial charge in [0.15, 0.2) is 14.3 Å². The summed E-state index contributed by atoms with van der Waals surface area (Å²) in [6.07, 6.45) is 1.01. The van der Waals surface area contributed by atoms with Crippen LogP contribution >= 0.6 is 33.1 Å². The molecule has 0 bridgehead atoms. The van der Waals surface area contributed by atoms with Crippen LogP contribution in [-0.4, -0.2) is 0 Å². The fourth-order valence-corrected chi connectivity index (χ4v) is 6.73. The average molecular weight is 521 g/mol. The molecule has 5 rings (SSSR count). The van der Waals surface area contributed by atoms with Crippen molar-refractivity contribution in [2.24, 2.45) is 0 Å². The number of halogens is 1. The molecule has 0 aliphatic heterocycles. The second-order valence-electron chi connectivity index (χ2n) is 7.34. The molecule has 0 aliphatic rings. The van der Waals surface area contributed by atoms with Crippen LogP contribution in [0.3, 0.4) is 0 Å². The highest BCUT2D eigenvalue weighted by Gasteiger charge is 2.23. The van der Waals surface area contributed by atoms with E-state index in [1.165, 1.54) is 34.2 Å². The fourth-order valence-electron chi connectivity index (χ4n) is 3.99. The molecule has 30 heavy (non-hydrogen) atoms. The van der Waals surface area contributed by atoms with Gasteiger partial charge in [-0.1, -0.05) is 43.3 Å². The van der Waals surface area contributed by atoms with Gasteiger partial charge in [-0.3, -0.25) is 0 Å². The Hall–Kier alpha value is -2.37. The van der Waals surface area contributed by atoms with Crippen molar-refractivity contribution in [1.29, 1.82) is 0 Å². The van der Waals surface area contributed by atoms with Crippen molar-refractivity contribution < 1.29 is 4.74 Å². The van der Waals surface area contributed by atoms with Crippen LogP contribution in [0.1, 0.15) is 25.0 Å². The van der Waals surface area contributed by atoms with Crippen molar-refractivity contribution in [2.45, 2.75) is 19.4 Å². The fraction of sp³-hybridized carbons (Fsp3) is 0.111. The minimum atomic E-state index is -0.0583. The molecule has 1 atom stereocenters. The van der Waals surface area contributed by atoms with E-state index in [1.807, 2.05) is 0 Å². The maximum absolute atomic E-state index is 6.35. The van der Waals surface area contributed by atoms with Gasteiger partial charge >= 0.3 is 0 Å². The minimum absolute atomic E-state index is 0.0583. The van der Waals surface area contributed by atoms with E-state index in [0.717, 1.165) is 12.2 Å². The molecule has 0 spiro atoms. The van der Waals surface area contributed by atoms with E-state index in [1.54, 1.807) is 0 Å². The molecule has 1 unspecified atom stereocenters. The first-order valence-electron chi connectivity index (χ1n) is 10.2. The highest BCUT2D eigenvalue weighted by Crippen LogP contribution is 2.48. The van der Waals surface area contributed by atoms with Crippen molar-refractivity contribution in [3.63, 3.8) is 0 Å². The van der Waals surface area contributed by atoms with Gasteiger partial charge < -0.3 is 4.74 Å². The zero-order valence-electron chi connectivity index (χ0n) is 16.7. The first-order chi connectivity index (χ1) is 14.7. The monoisotopic (exact) mass is 521 g/mol. The summed E-state index contributed by atoms with van der Waals surface area (Å²) >= 11 is 2.34. The van der Waals surface area contributed by atoms with Gasteiger partial charge in [0.2, 0.25) is 0 Å². The smallest absolute Gasteiger partial charge is 0.187 e. The van der Waals surface area contributed by atoms with E-state index in [0.29, 0.717) is 0 Å². The molecule has 4 aromatic carbocycles. The number of ether oxygens (including phenoxy) is 1. The molecule has 1 heterocycles. The highest BCUT2D eigenvalue weighted by molar-refractivity contribution is 14.1. The van der Waals surface area contributed by atoms with Crippen LogP contribution in [0.25, 0.3) is 25.1 Å². The predicted octanol–water partition coefficient (Wildman–Crippen LogP) is 8.87. The molecule has 0 aliphatic carbocycles. The predicted molar refractivity (Wildman–Crippen MR) is 138 cm³/mol. The summed E-state index contributed by atoms with van der Waals surface area (Å²) in [4.78, 5) is 1.34. The molecule has 0 radical (unpaired) electrons. The van der Waals surface area contributed by atoms with Crippen LogP contribution in [0.4, 0.5) is 0 Å². The number of hydrogen-bond donors (Lipinski definition) is 0. The molecular weight excluding hydrogens is 499 g/mol. The molecule has 3 heteroatoms. The minimum Gasteiger partial charge on any atom is -0.486 e. The number of fused-ring (bicyclic) bond motifs is 3. The van der Waals surface area contributed by atoms with Gasteiger partial charge in [-0.25, -0.2) is 0 Å². The molecule has 5 aromatic rings. The van der Waals surface area contributed by atoms with Gasteiger partial charge in [-0.2, -0.15) is 0 Å². The van der Waals surface area contributed by atoms with E-state index in [4.69, 9.17) is 4.74 Å². The van der Waals surface area contributed by atoms with E-state index in [9.17, 15) is 0 Å². The number of rotatable bonds is 5. The largest absolute Gasteiger partial charge is 0.486 e. The van der Waals surface area contributed by atoms with Gasteiger partial charge in [-0.05, 0) is 83.1 Å². The molecule has 0 saturated carbocycles. The van der Waals surface area contributed by atoms with Crippen molar-refractivity contribution in [2.75, 3.05) is 0 Å². The summed E-state index contributed by atoms with van der Waals surface area (Å²) in [7, 11) is -0.0583. The Kier molecular flexibility index (Phi) is 5.48. The van der Waals surface area contributed by atoms with Crippen LogP contribution in [0.5, 0.6) is 5.75 Å². The van der Waals surface area contributed by atoms with Crippen LogP contribution in [0.15, 0.2) is 97.1 Å². The van der Waals surface area contributed by atoms with Crippen molar-refractivity contribution >= 4 is 53.2 Å². The van der Waals surface area contributed by atoms with E-state index in [2.05, 4.69) is 127 Å². The summed E-state index contributed by atoms with van der Waals surface area (Å²) in [6.45, 7) is 2.17. The lowest BCUT2D eigenvalue weighted by molar-refractivity contribution is 0.201. The van der Waals surface area contributed by atoms with Crippen LogP contribution < -0.4 is 4.74 Å². The Labute approximate surface area is 193 Å². The lowest BCUT2D eigenvalue weighted by Gasteiger charge is -2.18. The maximum atomic E-state index is 6.35. The lowest BCUT2D eigenvalue weighted by atomic mass is 10.1. The second-order valence-corrected chi connectivity index (χ2v) is 10.5. The molecule has 0 amide bonds. The van der Waals surface area contributed by atoms with Gasteiger partial charge in [0, 0.05) is 36.9 Å². The Morgan fingerprint density at radius 1 is 0.733 bits per heavy atom. The third kappa shape index (κ3) is 3.61. The quantitative estimate of drug-likeness (QED) is 0.166. The summed E-state index contributed by atoms with van der Waals surface area (Å²) in [5, 5.41) is 2.73. The third-order valence-corrected chi connectivity index (χ3v) is 8.51. The van der Waals surface area contributed by atoms with Crippen molar-refractivity contribution in [1.82, 2.24) is 0 Å². The number of benzene rings is 4. The molecule has 1 aromatic heterocycles. The zero-order valence-corrected chi connectivity index (χ0v) is 19.7. The summed E-state index contributed by atoms with van der Waals surface area (Å²) in [5.41, 5.74) is 1.22.